The largest absolute Gasteiger partial charge is 0.358 e. The molecule has 0 bridgehead atoms. The van der Waals surface area contributed by atoms with E-state index in [0.717, 1.165) is 0 Å². The van der Waals surface area contributed by atoms with Crippen LogP contribution in [-0.2, 0) is 0 Å². The van der Waals surface area contributed by atoms with Crippen molar-refractivity contribution in [3.63, 3.8) is 0 Å². The average molecular weight is 210 g/mol. The number of rotatable bonds is 2. The molecule has 2 aromatic rings. The van der Waals surface area contributed by atoms with Crippen LogP contribution in [0, 0.1) is 10.1 Å². The lowest BCUT2D eigenvalue weighted by molar-refractivity contribution is -0.389. The third-order valence-electron chi connectivity index (χ3n) is 1.53. The Bertz CT molecular complexity index is 550. The Morgan fingerprint density at radius 1 is 1.79 bits per heavy atom. The van der Waals surface area contributed by atoms with E-state index in [1.165, 1.54) is 21.9 Å². The zero-order chi connectivity index (χ0) is 10.1. The number of aromatic nitrogens is 2. The van der Waals surface area contributed by atoms with Crippen molar-refractivity contribution >= 4 is 27.9 Å². The lowest BCUT2D eigenvalue weighted by Gasteiger charge is -1.90. The molecule has 0 fully saturated rings. The van der Waals surface area contributed by atoms with Crippen molar-refractivity contribution < 1.29 is 4.92 Å². The molecule has 0 saturated heterocycles. The summed E-state index contributed by atoms with van der Waals surface area (Å²) in [5.74, 6) is -0.511. The summed E-state index contributed by atoms with van der Waals surface area (Å²) < 4.78 is 1.27. The normalized spacial score (nSPS) is 10.0. The van der Waals surface area contributed by atoms with Gasteiger partial charge in [-0.1, -0.05) is 11.3 Å². The van der Waals surface area contributed by atoms with Gasteiger partial charge in [-0.3, -0.25) is 0 Å². The lowest BCUT2D eigenvalue weighted by Crippen LogP contribution is -1.91. The molecule has 2 aromatic heterocycles. The summed E-state index contributed by atoms with van der Waals surface area (Å²) in [7, 11) is 0. The predicted octanol–water partition coefficient (Wildman–Crippen LogP) is 2.25. The fourth-order valence-electron chi connectivity index (χ4n) is 1.04. The smallest absolute Gasteiger partial charge is 0.358 e. The average Bonchev–Trinajstić information content (AvgIpc) is 2.62. The Kier molecular flexibility index (Phi) is 1.80. The Morgan fingerprint density at radius 2 is 2.57 bits per heavy atom. The summed E-state index contributed by atoms with van der Waals surface area (Å²) in [6.45, 7) is 0. The number of nitro groups is 1. The molecule has 0 amide bonds. The molecular weight excluding hydrogens is 208 g/mol. The van der Waals surface area contributed by atoms with E-state index < -0.39 is 4.92 Å². The van der Waals surface area contributed by atoms with Gasteiger partial charge in [-0.25, -0.2) is 0 Å². The molecule has 70 valence electrons. The van der Waals surface area contributed by atoms with E-state index in [-0.39, 0.29) is 11.6 Å². The highest BCUT2D eigenvalue weighted by Gasteiger charge is 2.21. The highest BCUT2D eigenvalue weighted by atomic mass is 32.1. The van der Waals surface area contributed by atoms with Gasteiger partial charge in [0.05, 0.1) is 0 Å². The molecule has 2 rings (SSSR count). The molecule has 0 aliphatic rings. The van der Waals surface area contributed by atoms with Gasteiger partial charge in [0.1, 0.15) is 6.20 Å². The highest BCUT2D eigenvalue weighted by molar-refractivity contribution is 7.15. The highest BCUT2D eigenvalue weighted by Crippen LogP contribution is 2.29. The molecule has 0 saturated carbocycles. The van der Waals surface area contributed by atoms with Gasteiger partial charge in [0.2, 0.25) is 5.82 Å². The topological polar surface area (TPSA) is 109 Å². The SMILES string of the molecule is [N-]=[N+]=Nc1nc2sccn2c1[N+](=O)[O-]. The maximum absolute atomic E-state index is 10.6. The molecule has 8 nitrogen and oxygen atoms in total. The number of fused-ring (bicyclic) bond motifs is 1. The summed E-state index contributed by atoms with van der Waals surface area (Å²) in [4.78, 5) is 16.7. The van der Waals surface area contributed by atoms with Crippen molar-refractivity contribution in [1.29, 1.82) is 0 Å². The van der Waals surface area contributed by atoms with E-state index in [0.29, 0.717) is 4.96 Å². The van der Waals surface area contributed by atoms with Crippen LogP contribution in [0.4, 0.5) is 11.6 Å². The maximum atomic E-state index is 10.6. The van der Waals surface area contributed by atoms with Gasteiger partial charge in [0.25, 0.3) is 4.96 Å². The van der Waals surface area contributed by atoms with Gasteiger partial charge >= 0.3 is 5.82 Å². The molecule has 0 N–H and O–H groups in total. The first-order valence-electron chi connectivity index (χ1n) is 3.39. The monoisotopic (exact) mass is 210 g/mol. The summed E-state index contributed by atoms with van der Waals surface area (Å²) in [6.07, 6.45) is 1.50. The zero-order valence-corrected chi connectivity index (χ0v) is 7.38. The van der Waals surface area contributed by atoms with Crippen molar-refractivity contribution in [1.82, 2.24) is 9.38 Å². The van der Waals surface area contributed by atoms with Crippen molar-refractivity contribution in [3.8, 4) is 0 Å². The number of thiazole rings is 1. The van der Waals surface area contributed by atoms with Crippen molar-refractivity contribution in [2.75, 3.05) is 0 Å². The first-order chi connectivity index (χ1) is 6.74. The maximum Gasteiger partial charge on any atom is 0.358 e. The van der Waals surface area contributed by atoms with Crippen molar-refractivity contribution in [3.05, 3.63) is 32.1 Å². The van der Waals surface area contributed by atoms with E-state index in [1.807, 2.05) is 0 Å². The number of nitrogens with zero attached hydrogens (tertiary/aromatic N) is 6. The zero-order valence-electron chi connectivity index (χ0n) is 6.56. The standard InChI is InChI=1S/C5H2N6O2S/c6-9-8-3-4(11(12)13)10-1-2-14-5(10)7-3/h1-2H. The second kappa shape index (κ2) is 2.98. The molecule has 2 heterocycles. The number of hydrogen-bond acceptors (Lipinski definition) is 5. The van der Waals surface area contributed by atoms with Crippen LogP contribution in [0.25, 0.3) is 15.4 Å². The molecule has 9 heteroatoms. The Labute approximate surface area is 80.2 Å². The number of hydrogen-bond donors (Lipinski definition) is 0. The number of imidazole rings is 1. The Balaban J connectivity index is 2.81. The third kappa shape index (κ3) is 1.08. The molecule has 0 aliphatic heterocycles. The fourth-order valence-corrected chi connectivity index (χ4v) is 1.75. The van der Waals surface area contributed by atoms with E-state index in [1.54, 1.807) is 5.38 Å². The summed E-state index contributed by atoms with van der Waals surface area (Å²) in [5, 5.41) is 15.4. The molecule has 0 aromatic carbocycles. The van der Waals surface area contributed by atoms with Crippen LogP contribution in [0.2, 0.25) is 0 Å². The Hall–Kier alpha value is -2.12. The Morgan fingerprint density at radius 3 is 3.21 bits per heavy atom. The molecule has 14 heavy (non-hydrogen) atoms. The van der Waals surface area contributed by atoms with E-state index in [2.05, 4.69) is 15.0 Å². The minimum atomic E-state index is -0.628. The van der Waals surface area contributed by atoms with Crippen molar-refractivity contribution in [2.45, 2.75) is 0 Å². The lowest BCUT2D eigenvalue weighted by atomic mass is 10.6. The fraction of sp³-hybridized carbons (Fsp3) is 0. The molecular formula is C5H2N6O2S. The molecule has 0 radical (unpaired) electrons. The number of azide groups is 1. The van der Waals surface area contributed by atoms with E-state index in [4.69, 9.17) is 5.53 Å². The molecule has 0 atom stereocenters. The van der Waals surface area contributed by atoms with Gasteiger partial charge in [0, 0.05) is 10.3 Å². The van der Waals surface area contributed by atoms with Crippen LogP contribution < -0.4 is 0 Å². The molecule has 0 spiro atoms. The van der Waals surface area contributed by atoms with Gasteiger partial charge in [0.15, 0.2) is 0 Å². The van der Waals surface area contributed by atoms with Gasteiger partial charge in [-0.05, 0) is 15.6 Å². The summed E-state index contributed by atoms with van der Waals surface area (Å²) >= 11 is 1.23. The third-order valence-corrected chi connectivity index (χ3v) is 2.29. The van der Waals surface area contributed by atoms with E-state index in [9.17, 15) is 10.1 Å². The summed E-state index contributed by atoms with van der Waals surface area (Å²) in [5.41, 5.74) is 8.18. The first-order valence-corrected chi connectivity index (χ1v) is 4.27. The quantitative estimate of drug-likeness (QED) is 0.249. The van der Waals surface area contributed by atoms with Crippen LogP contribution in [0.3, 0.4) is 0 Å². The van der Waals surface area contributed by atoms with Gasteiger partial charge in [-0.15, -0.1) is 0 Å². The first kappa shape index (κ1) is 8.48. The second-order valence-electron chi connectivity index (χ2n) is 2.26. The second-order valence-corrected chi connectivity index (χ2v) is 3.13. The van der Waals surface area contributed by atoms with Crippen LogP contribution >= 0.6 is 11.3 Å². The van der Waals surface area contributed by atoms with Crippen LogP contribution in [-0.4, -0.2) is 14.3 Å². The van der Waals surface area contributed by atoms with Gasteiger partial charge < -0.3 is 10.1 Å². The van der Waals surface area contributed by atoms with Crippen LogP contribution in [0.5, 0.6) is 0 Å². The molecule has 0 aliphatic carbocycles. The minimum absolute atomic E-state index is 0.204. The van der Waals surface area contributed by atoms with Gasteiger partial charge in [-0.2, -0.15) is 9.38 Å². The van der Waals surface area contributed by atoms with Crippen molar-refractivity contribution in [2.24, 2.45) is 5.11 Å². The van der Waals surface area contributed by atoms with Crippen LogP contribution in [0.15, 0.2) is 16.7 Å². The summed E-state index contributed by atoms with van der Waals surface area (Å²) in [6, 6.07) is 0. The van der Waals surface area contributed by atoms with E-state index >= 15 is 0 Å². The minimum Gasteiger partial charge on any atom is -0.358 e. The van der Waals surface area contributed by atoms with Crippen LogP contribution in [0.1, 0.15) is 0 Å². The molecule has 0 unspecified atom stereocenters. The predicted molar refractivity (Wildman–Crippen MR) is 48.5 cm³/mol.